The lowest BCUT2D eigenvalue weighted by Gasteiger charge is -2.06. The van der Waals surface area contributed by atoms with Crippen molar-refractivity contribution in [2.45, 2.75) is 6.92 Å². The lowest BCUT2D eigenvalue weighted by Crippen LogP contribution is -2.12. The number of H-pyrrole nitrogens is 1. The van der Waals surface area contributed by atoms with Crippen LogP contribution in [0.15, 0.2) is 42.6 Å². The molecule has 0 aliphatic carbocycles. The fourth-order valence-electron chi connectivity index (χ4n) is 1.82. The van der Waals surface area contributed by atoms with Gasteiger partial charge in [-0.3, -0.25) is 4.79 Å². The smallest absolute Gasteiger partial charge is 0.328 e. The van der Waals surface area contributed by atoms with E-state index in [1.807, 2.05) is 19.1 Å². The number of carboxylic acid groups (broad SMARTS) is 1. The Morgan fingerprint density at radius 3 is 2.75 bits per heavy atom. The minimum atomic E-state index is -1.01. The van der Waals surface area contributed by atoms with E-state index in [9.17, 15) is 9.59 Å². The lowest BCUT2D eigenvalue weighted by atomic mass is 10.1. The third-order valence-electron chi connectivity index (χ3n) is 2.62. The predicted molar refractivity (Wildman–Crippen MR) is 76.6 cm³/mol. The standard InChI is InChI=1S/C15H14N2O3/c1-10-7-11(4-5-14(18)19)9-12(8-10)17-15(20)13-3-2-6-16-13/h2-9,16H,1H3,(H,17,20)(H,18,19)/b5-4+. The average molecular weight is 270 g/mol. The molecule has 1 heterocycles. The van der Waals surface area contributed by atoms with Crippen molar-refractivity contribution < 1.29 is 14.7 Å². The SMILES string of the molecule is Cc1cc(/C=C/C(=O)O)cc(NC(=O)c2ccc[nH]2)c1. The molecule has 3 N–H and O–H groups in total. The predicted octanol–water partition coefficient (Wildman–Crippen LogP) is 2.67. The van der Waals surface area contributed by atoms with Crippen molar-refractivity contribution in [3.8, 4) is 0 Å². The van der Waals surface area contributed by atoms with Gasteiger partial charge in [-0.05, 0) is 48.4 Å². The minimum Gasteiger partial charge on any atom is -0.478 e. The molecule has 0 saturated carbocycles. The van der Waals surface area contributed by atoms with Crippen molar-refractivity contribution >= 4 is 23.6 Å². The first-order valence-electron chi connectivity index (χ1n) is 6.02. The second-order valence-electron chi connectivity index (χ2n) is 4.34. The Morgan fingerprint density at radius 1 is 1.30 bits per heavy atom. The number of rotatable bonds is 4. The molecule has 0 atom stereocenters. The van der Waals surface area contributed by atoms with E-state index in [0.29, 0.717) is 16.9 Å². The van der Waals surface area contributed by atoms with Gasteiger partial charge in [0.15, 0.2) is 0 Å². The normalized spacial score (nSPS) is 10.7. The summed E-state index contributed by atoms with van der Waals surface area (Å²) in [5.41, 5.74) is 2.73. The molecule has 0 radical (unpaired) electrons. The quantitative estimate of drug-likeness (QED) is 0.747. The Labute approximate surface area is 115 Å². The number of aromatic amines is 1. The van der Waals surface area contributed by atoms with Gasteiger partial charge in [0, 0.05) is 18.0 Å². The van der Waals surface area contributed by atoms with Crippen LogP contribution in [0.25, 0.3) is 6.08 Å². The number of benzene rings is 1. The molecule has 0 unspecified atom stereocenters. The lowest BCUT2D eigenvalue weighted by molar-refractivity contribution is -0.131. The van der Waals surface area contributed by atoms with Gasteiger partial charge in [-0.1, -0.05) is 6.07 Å². The zero-order valence-electron chi connectivity index (χ0n) is 10.9. The van der Waals surface area contributed by atoms with Gasteiger partial charge < -0.3 is 15.4 Å². The van der Waals surface area contributed by atoms with Gasteiger partial charge in [0.2, 0.25) is 0 Å². The zero-order valence-corrected chi connectivity index (χ0v) is 10.9. The molecule has 0 bridgehead atoms. The summed E-state index contributed by atoms with van der Waals surface area (Å²) in [6, 6.07) is 8.79. The van der Waals surface area contributed by atoms with Gasteiger partial charge in [0.25, 0.3) is 5.91 Å². The van der Waals surface area contributed by atoms with E-state index in [1.54, 1.807) is 24.4 Å². The number of aliphatic carboxylic acids is 1. The van der Waals surface area contributed by atoms with Crippen molar-refractivity contribution in [1.82, 2.24) is 4.98 Å². The fraction of sp³-hybridized carbons (Fsp3) is 0.0667. The molecule has 0 fully saturated rings. The third-order valence-corrected chi connectivity index (χ3v) is 2.62. The van der Waals surface area contributed by atoms with E-state index in [4.69, 9.17) is 5.11 Å². The number of carbonyl (C=O) groups excluding carboxylic acids is 1. The molecule has 1 aromatic heterocycles. The largest absolute Gasteiger partial charge is 0.478 e. The highest BCUT2D eigenvalue weighted by Gasteiger charge is 2.07. The number of aromatic nitrogens is 1. The summed E-state index contributed by atoms with van der Waals surface area (Å²) in [4.78, 5) is 25.2. The van der Waals surface area contributed by atoms with Crippen molar-refractivity contribution in [1.29, 1.82) is 0 Å². The van der Waals surface area contributed by atoms with Gasteiger partial charge in [0.05, 0.1) is 0 Å². The molecule has 5 heteroatoms. The third kappa shape index (κ3) is 3.58. The Balaban J connectivity index is 2.20. The van der Waals surface area contributed by atoms with Gasteiger partial charge in [-0.2, -0.15) is 0 Å². The van der Waals surface area contributed by atoms with Crippen molar-refractivity contribution in [3.63, 3.8) is 0 Å². The summed E-state index contributed by atoms with van der Waals surface area (Å²) < 4.78 is 0. The highest BCUT2D eigenvalue weighted by atomic mass is 16.4. The van der Waals surface area contributed by atoms with E-state index in [0.717, 1.165) is 11.6 Å². The van der Waals surface area contributed by atoms with Crippen molar-refractivity contribution in [2.24, 2.45) is 0 Å². The van der Waals surface area contributed by atoms with E-state index < -0.39 is 5.97 Å². The van der Waals surface area contributed by atoms with E-state index in [2.05, 4.69) is 10.3 Å². The molecule has 0 aliphatic rings. The van der Waals surface area contributed by atoms with Crippen LogP contribution in [0.3, 0.4) is 0 Å². The van der Waals surface area contributed by atoms with E-state index in [1.165, 1.54) is 6.08 Å². The van der Waals surface area contributed by atoms with Gasteiger partial charge in [-0.25, -0.2) is 4.79 Å². The highest BCUT2D eigenvalue weighted by molar-refractivity contribution is 6.03. The van der Waals surface area contributed by atoms with Crippen molar-refractivity contribution in [2.75, 3.05) is 5.32 Å². The second kappa shape index (κ2) is 5.88. The minimum absolute atomic E-state index is 0.242. The summed E-state index contributed by atoms with van der Waals surface area (Å²) in [7, 11) is 0. The molecule has 2 rings (SSSR count). The first-order valence-corrected chi connectivity index (χ1v) is 6.02. The Kier molecular flexibility index (Phi) is 4.00. The average Bonchev–Trinajstić information content (AvgIpc) is 2.89. The molecule has 102 valence electrons. The molecule has 1 amide bonds. The first-order chi connectivity index (χ1) is 9.54. The Morgan fingerprint density at radius 2 is 2.10 bits per heavy atom. The zero-order chi connectivity index (χ0) is 14.5. The first kappa shape index (κ1) is 13.6. The van der Waals surface area contributed by atoms with Crippen LogP contribution in [0, 0.1) is 6.92 Å². The van der Waals surface area contributed by atoms with Crippen LogP contribution in [0.5, 0.6) is 0 Å². The van der Waals surface area contributed by atoms with Crippen LogP contribution >= 0.6 is 0 Å². The number of aryl methyl sites for hydroxylation is 1. The summed E-state index contributed by atoms with van der Waals surface area (Å²) in [5, 5.41) is 11.4. The number of carbonyl (C=O) groups is 2. The van der Waals surface area contributed by atoms with Crippen LogP contribution in [-0.2, 0) is 4.79 Å². The maximum Gasteiger partial charge on any atom is 0.328 e. The van der Waals surface area contributed by atoms with Gasteiger partial charge >= 0.3 is 5.97 Å². The van der Waals surface area contributed by atoms with E-state index in [-0.39, 0.29) is 5.91 Å². The van der Waals surface area contributed by atoms with Crippen LogP contribution in [0.2, 0.25) is 0 Å². The van der Waals surface area contributed by atoms with Gasteiger partial charge in [-0.15, -0.1) is 0 Å². The van der Waals surface area contributed by atoms with Crippen LogP contribution < -0.4 is 5.32 Å². The molecule has 5 nitrogen and oxygen atoms in total. The molecule has 0 aliphatic heterocycles. The monoisotopic (exact) mass is 270 g/mol. The van der Waals surface area contributed by atoms with Crippen molar-refractivity contribution in [3.05, 3.63) is 59.4 Å². The summed E-state index contributed by atoms with van der Waals surface area (Å²) in [5.74, 6) is -1.25. The topological polar surface area (TPSA) is 82.2 Å². The molecular formula is C15H14N2O3. The summed E-state index contributed by atoms with van der Waals surface area (Å²) in [6.07, 6.45) is 4.22. The van der Waals surface area contributed by atoms with Crippen LogP contribution in [-0.4, -0.2) is 22.0 Å². The highest BCUT2D eigenvalue weighted by Crippen LogP contribution is 2.16. The number of hydrogen-bond donors (Lipinski definition) is 3. The molecule has 0 spiro atoms. The summed E-state index contributed by atoms with van der Waals surface area (Å²) >= 11 is 0. The molecule has 2 aromatic rings. The molecule has 20 heavy (non-hydrogen) atoms. The number of nitrogens with one attached hydrogen (secondary N) is 2. The number of hydrogen-bond acceptors (Lipinski definition) is 2. The maximum atomic E-state index is 11.9. The summed E-state index contributed by atoms with van der Waals surface area (Å²) in [6.45, 7) is 1.88. The fourth-order valence-corrected chi connectivity index (χ4v) is 1.82. The van der Waals surface area contributed by atoms with Gasteiger partial charge in [0.1, 0.15) is 5.69 Å². The molecule has 0 saturated heterocycles. The number of anilines is 1. The Bertz CT molecular complexity index is 658. The number of carboxylic acids is 1. The molecular weight excluding hydrogens is 256 g/mol. The van der Waals surface area contributed by atoms with Crippen LogP contribution in [0.4, 0.5) is 5.69 Å². The maximum absolute atomic E-state index is 11.9. The Hall–Kier alpha value is -2.82. The van der Waals surface area contributed by atoms with E-state index >= 15 is 0 Å². The second-order valence-corrected chi connectivity index (χ2v) is 4.34. The van der Waals surface area contributed by atoms with Crippen LogP contribution in [0.1, 0.15) is 21.6 Å². The molecule has 1 aromatic carbocycles. The number of amides is 1.